The Balaban J connectivity index is 4.35. The van der Waals surface area contributed by atoms with E-state index in [4.69, 9.17) is 14.2 Å². The van der Waals surface area contributed by atoms with Crippen LogP contribution in [0.3, 0.4) is 0 Å². The summed E-state index contributed by atoms with van der Waals surface area (Å²) in [6.07, 6.45) is 55.0. The van der Waals surface area contributed by atoms with Crippen LogP contribution in [0.5, 0.6) is 0 Å². The molecule has 0 fully saturated rings. The second-order valence-electron chi connectivity index (χ2n) is 15.6. The molecule has 6 nitrogen and oxygen atoms in total. The average molecular weight is 797 g/mol. The molecule has 0 aromatic heterocycles. The van der Waals surface area contributed by atoms with E-state index in [0.717, 1.165) is 109 Å². The van der Waals surface area contributed by atoms with Crippen LogP contribution in [0.4, 0.5) is 0 Å². The normalized spacial score (nSPS) is 12.5. The Bertz CT molecular complexity index is 1050. The smallest absolute Gasteiger partial charge is 0.306 e. The maximum absolute atomic E-state index is 12.7. The summed E-state index contributed by atoms with van der Waals surface area (Å²) in [5, 5.41) is 0. The van der Waals surface area contributed by atoms with E-state index >= 15 is 0 Å². The van der Waals surface area contributed by atoms with Crippen LogP contribution in [-0.2, 0) is 28.6 Å². The molecule has 0 rings (SSSR count). The predicted molar refractivity (Wildman–Crippen MR) is 242 cm³/mol. The lowest BCUT2D eigenvalue weighted by Crippen LogP contribution is -2.30. The summed E-state index contributed by atoms with van der Waals surface area (Å²) < 4.78 is 16.7. The summed E-state index contributed by atoms with van der Waals surface area (Å²) in [4.78, 5) is 37.7. The first-order chi connectivity index (χ1) is 28.0. The quantitative estimate of drug-likeness (QED) is 0.0265. The lowest BCUT2D eigenvalue weighted by Gasteiger charge is -2.18. The highest BCUT2D eigenvalue weighted by Crippen LogP contribution is 2.13. The number of ether oxygens (including phenoxy) is 3. The van der Waals surface area contributed by atoms with E-state index in [1.807, 2.05) is 0 Å². The van der Waals surface area contributed by atoms with E-state index in [1.54, 1.807) is 0 Å². The van der Waals surface area contributed by atoms with Gasteiger partial charge in [0.15, 0.2) is 6.10 Å². The minimum Gasteiger partial charge on any atom is -0.462 e. The average Bonchev–Trinajstić information content (AvgIpc) is 3.21. The molecule has 1 unspecified atom stereocenters. The first-order valence-electron chi connectivity index (χ1n) is 23.8. The van der Waals surface area contributed by atoms with Gasteiger partial charge in [-0.05, 0) is 83.5 Å². The van der Waals surface area contributed by atoms with Crippen molar-refractivity contribution in [2.45, 2.75) is 232 Å². The molecule has 6 heteroatoms. The van der Waals surface area contributed by atoms with Crippen LogP contribution >= 0.6 is 0 Å². The van der Waals surface area contributed by atoms with Gasteiger partial charge < -0.3 is 14.2 Å². The number of hydrogen-bond acceptors (Lipinski definition) is 6. The van der Waals surface area contributed by atoms with Crippen molar-refractivity contribution in [1.29, 1.82) is 0 Å². The molecule has 1 atom stereocenters. The van der Waals surface area contributed by atoms with Crippen LogP contribution < -0.4 is 0 Å². The van der Waals surface area contributed by atoms with Crippen LogP contribution in [0.15, 0.2) is 60.8 Å². The summed E-state index contributed by atoms with van der Waals surface area (Å²) in [5.41, 5.74) is 0. The van der Waals surface area contributed by atoms with Crippen molar-refractivity contribution in [1.82, 2.24) is 0 Å². The molecule has 0 aliphatic heterocycles. The van der Waals surface area contributed by atoms with Crippen molar-refractivity contribution in [2.75, 3.05) is 13.2 Å². The summed E-state index contributed by atoms with van der Waals surface area (Å²) >= 11 is 0. The summed E-state index contributed by atoms with van der Waals surface area (Å²) in [5.74, 6) is -0.926. The van der Waals surface area contributed by atoms with Crippen LogP contribution in [0, 0.1) is 0 Å². The SMILES string of the molecule is CC/C=C\C/C=C\C/C=C\C/C=C\CCCCCCC(=O)OCC(COC(=O)CCCCCCCCC)OC(=O)CCCCCCC/C=C\CCCCCCCC. The third-order valence-electron chi connectivity index (χ3n) is 10.0. The molecule has 57 heavy (non-hydrogen) atoms. The molecule has 328 valence electrons. The van der Waals surface area contributed by atoms with Crippen molar-refractivity contribution in [3.8, 4) is 0 Å². The van der Waals surface area contributed by atoms with Crippen molar-refractivity contribution in [2.24, 2.45) is 0 Å². The lowest BCUT2D eigenvalue weighted by atomic mass is 10.1. The number of hydrogen-bond donors (Lipinski definition) is 0. The van der Waals surface area contributed by atoms with Gasteiger partial charge in [0, 0.05) is 19.3 Å². The number of unbranched alkanes of at least 4 members (excludes halogenated alkanes) is 21. The Labute approximate surface area is 351 Å². The van der Waals surface area contributed by atoms with Crippen molar-refractivity contribution < 1.29 is 28.6 Å². The van der Waals surface area contributed by atoms with Crippen molar-refractivity contribution in [3.63, 3.8) is 0 Å². The van der Waals surface area contributed by atoms with Gasteiger partial charge in [0.25, 0.3) is 0 Å². The Morgan fingerprint density at radius 2 is 0.684 bits per heavy atom. The summed E-state index contributed by atoms with van der Waals surface area (Å²) in [6, 6.07) is 0. The third kappa shape index (κ3) is 44.1. The molecule has 0 N–H and O–H groups in total. The maximum Gasteiger partial charge on any atom is 0.306 e. The summed E-state index contributed by atoms with van der Waals surface area (Å²) in [7, 11) is 0. The van der Waals surface area contributed by atoms with Gasteiger partial charge >= 0.3 is 17.9 Å². The summed E-state index contributed by atoms with van der Waals surface area (Å²) in [6.45, 7) is 6.44. The molecule has 0 radical (unpaired) electrons. The lowest BCUT2D eigenvalue weighted by molar-refractivity contribution is -0.167. The molecular weight excluding hydrogens is 709 g/mol. The Morgan fingerprint density at radius 1 is 0.368 bits per heavy atom. The number of esters is 3. The van der Waals surface area contributed by atoms with Gasteiger partial charge in [-0.3, -0.25) is 14.4 Å². The van der Waals surface area contributed by atoms with E-state index in [-0.39, 0.29) is 31.1 Å². The molecule has 0 spiro atoms. The Morgan fingerprint density at radius 3 is 1.09 bits per heavy atom. The third-order valence-corrected chi connectivity index (χ3v) is 10.0. The topological polar surface area (TPSA) is 78.9 Å². The monoisotopic (exact) mass is 797 g/mol. The zero-order chi connectivity index (χ0) is 41.5. The minimum absolute atomic E-state index is 0.0853. The molecular formula is C51H88O6. The van der Waals surface area contributed by atoms with E-state index in [9.17, 15) is 14.4 Å². The van der Waals surface area contributed by atoms with E-state index in [0.29, 0.717) is 19.3 Å². The fraction of sp³-hybridized carbons (Fsp3) is 0.745. The van der Waals surface area contributed by atoms with Crippen molar-refractivity contribution in [3.05, 3.63) is 60.8 Å². The van der Waals surface area contributed by atoms with Gasteiger partial charge in [-0.2, -0.15) is 0 Å². The maximum atomic E-state index is 12.7. The molecule has 0 aromatic carbocycles. The van der Waals surface area contributed by atoms with E-state index in [1.165, 1.54) is 77.0 Å². The second kappa shape index (κ2) is 45.8. The van der Waals surface area contributed by atoms with Crippen LogP contribution in [0.25, 0.3) is 0 Å². The van der Waals surface area contributed by atoms with Gasteiger partial charge in [-0.25, -0.2) is 0 Å². The number of carbonyl (C=O) groups excluding carboxylic acids is 3. The largest absolute Gasteiger partial charge is 0.462 e. The zero-order valence-corrected chi connectivity index (χ0v) is 37.3. The number of carbonyl (C=O) groups is 3. The fourth-order valence-corrected chi connectivity index (χ4v) is 6.43. The first-order valence-corrected chi connectivity index (χ1v) is 23.8. The predicted octanol–water partition coefficient (Wildman–Crippen LogP) is 15.3. The second-order valence-corrected chi connectivity index (χ2v) is 15.6. The van der Waals surface area contributed by atoms with Crippen LogP contribution in [0.2, 0.25) is 0 Å². The number of allylic oxidation sites excluding steroid dienone is 10. The van der Waals surface area contributed by atoms with Gasteiger partial charge in [-0.15, -0.1) is 0 Å². The highest BCUT2D eigenvalue weighted by atomic mass is 16.6. The standard InChI is InChI=1S/C51H88O6/c1-4-7-10-13-16-18-20-22-24-25-27-28-30-32-35-38-41-44-50(53)56-47-48(46-55-49(52)43-40-37-34-15-12-9-6-3)57-51(54)45-42-39-36-33-31-29-26-23-21-19-17-14-11-8-5-2/h7,10,16,18,22-24,26-28,48H,4-6,8-9,11-15,17,19-21,25,29-47H2,1-3H3/b10-7-,18-16-,24-22-,26-23-,28-27-. The molecule has 0 saturated carbocycles. The van der Waals surface area contributed by atoms with Gasteiger partial charge in [-0.1, -0.05) is 184 Å². The minimum atomic E-state index is -0.784. The number of rotatable bonds is 42. The zero-order valence-electron chi connectivity index (χ0n) is 37.3. The first kappa shape index (κ1) is 54.1. The fourth-order valence-electron chi connectivity index (χ4n) is 6.43. The molecule has 0 aliphatic rings. The van der Waals surface area contributed by atoms with E-state index in [2.05, 4.69) is 81.5 Å². The van der Waals surface area contributed by atoms with Gasteiger partial charge in [0.1, 0.15) is 13.2 Å². The van der Waals surface area contributed by atoms with Crippen molar-refractivity contribution >= 4 is 17.9 Å². The molecule has 0 aliphatic carbocycles. The molecule has 0 aromatic rings. The van der Waals surface area contributed by atoms with Gasteiger partial charge in [0.05, 0.1) is 0 Å². The van der Waals surface area contributed by atoms with Crippen LogP contribution in [-0.4, -0.2) is 37.2 Å². The molecule has 0 saturated heterocycles. The van der Waals surface area contributed by atoms with Crippen LogP contribution in [0.1, 0.15) is 226 Å². The highest BCUT2D eigenvalue weighted by molar-refractivity contribution is 5.71. The molecule has 0 bridgehead atoms. The van der Waals surface area contributed by atoms with Gasteiger partial charge in [0.2, 0.25) is 0 Å². The molecule has 0 heterocycles. The highest BCUT2D eigenvalue weighted by Gasteiger charge is 2.19. The Hall–Kier alpha value is -2.89. The Kier molecular flexibility index (Phi) is 43.5. The van der Waals surface area contributed by atoms with E-state index < -0.39 is 6.10 Å². The molecule has 0 amide bonds.